The molecule has 1 aromatic heterocycles. The highest BCUT2D eigenvalue weighted by atomic mass is 32.2. The van der Waals surface area contributed by atoms with Crippen LogP contribution in [-0.4, -0.2) is 41.5 Å². The van der Waals surface area contributed by atoms with Crippen molar-refractivity contribution in [2.75, 3.05) is 18.4 Å². The van der Waals surface area contributed by atoms with E-state index in [-0.39, 0.29) is 10.8 Å². The third kappa shape index (κ3) is 4.55. The number of benzene rings is 2. The minimum absolute atomic E-state index is 0.210. The van der Waals surface area contributed by atoms with Gasteiger partial charge in [0.25, 0.3) is 5.91 Å². The van der Waals surface area contributed by atoms with E-state index in [0.717, 1.165) is 12.1 Å². The molecule has 4 rings (SSSR count). The van der Waals surface area contributed by atoms with Gasteiger partial charge in [-0.2, -0.15) is 9.40 Å². The number of nitrogens with one attached hydrogen (secondary N) is 1. The van der Waals surface area contributed by atoms with E-state index >= 15 is 0 Å². The average molecular weight is 439 g/mol. The number of carbonyl (C=O) groups is 1. The highest BCUT2D eigenvalue weighted by molar-refractivity contribution is 7.89. The summed E-state index contributed by atoms with van der Waals surface area (Å²) < 4.78 is 29.3. The van der Waals surface area contributed by atoms with Crippen molar-refractivity contribution in [3.8, 4) is 5.69 Å². The normalized spacial score (nSPS) is 19.8. The minimum atomic E-state index is -3.58. The molecule has 1 fully saturated rings. The van der Waals surface area contributed by atoms with Crippen LogP contribution in [0.15, 0.2) is 71.9 Å². The molecule has 0 radical (unpaired) electrons. The summed E-state index contributed by atoms with van der Waals surface area (Å²) >= 11 is 0. The molecule has 8 heteroatoms. The smallest absolute Gasteiger partial charge is 0.255 e. The highest BCUT2D eigenvalue weighted by Gasteiger charge is 2.31. The van der Waals surface area contributed by atoms with E-state index in [2.05, 4.69) is 24.3 Å². The zero-order chi connectivity index (χ0) is 22.0. The molecule has 0 bridgehead atoms. The first-order valence-electron chi connectivity index (χ1n) is 10.3. The van der Waals surface area contributed by atoms with Crippen LogP contribution in [0.4, 0.5) is 5.69 Å². The Hall–Kier alpha value is -2.97. The van der Waals surface area contributed by atoms with Crippen LogP contribution < -0.4 is 5.32 Å². The summed E-state index contributed by atoms with van der Waals surface area (Å²) in [5.74, 6) is 0.348. The lowest BCUT2D eigenvalue weighted by Crippen LogP contribution is -2.42. The first-order valence-corrected chi connectivity index (χ1v) is 11.8. The number of amides is 1. The van der Waals surface area contributed by atoms with E-state index in [4.69, 9.17) is 0 Å². The van der Waals surface area contributed by atoms with Crippen molar-refractivity contribution < 1.29 is 13.2 Å². The predicted octanol–water partition coefficient (Wildman–Crippen LogP) is 3.79. The molecule has 162 valence electrons. The van der Waals surface area contributed by atoms with E-state index in [1.54, 1.807) is 39.6 Å². The largest absolute Gasteiger partial charge is 0.320 e. The maximum Gasteiger partial charge on any atom is 0.255 e. The van der Waals surface area contributed by atoms with Crippen molar-refractivity contribution in [1.29, 1.82) is 0 Å². The van der Waals surface area contributed by atoms with Crippen LogP contribution in [0.3, 0.4) is 0 Å². The molecule has 1 amide bonds. The van der Waals surface area contributed by atoms with Gasteiger partial charge < -0.3 is 5.32 Å². The van der Waals surface area contributed by atoms with Gasteiger partial charge in [-0.05, 0) is 60.7 Å². The topological polar surface area (TPSA) is 84.3 Å². The van der Waals surface area contributed by atoms with Crippen molar-refractivity contribution in [2.45, 2.75) is 25.2 Å². The maximum atomic E-state index is 13.0. The quantitative estimate of drug-likeness (QED) is 0.657. The number of nitrogens with zero attached hydrogens (tertiary/aromatic N) is 3. The summed E-state index contributed by atoms with van der Waals surface area (Å²) in [6.45, 7) is 5.21. The molecule has 2 atom stereocenters. The number of carbonyl (C=O) groups excluding carboxylic acids is 1. The van der Waals surface area contributed by atoms with E-state index in [0.29, 0.717) is 36.2 Å². The lowest BCUT2D eigenvalue weighted by atomic mass is 9.94. The number of anilines is 1. The lowest BCUT2D eigenvalue weighted by Gasteiger charge is -2.34. The third-order valence-corrected chi connectivity index (χ3v) is 7.34. The second-order valence-corrected chi connectivity index (χ2v) is 10.2. The molecule has 2 heterocycles. The molecular weight excluding hydrogens is 412 g/mol. The van der Waals surface area contributed by atoms with Gasteiger partial charge in [-0.3, -0.25) is 4.79 Å². The van der Waals surface area contributed by atoms with Gasteiger partial charge in [0.1, 0.15) is 0 Å². The molecular formula is C23H26N4O3S. The van der Waals surface area contributed by atoms with Crippen LogP contribution in [0.1, 0.15) is 30.6 Å². The number of piperidine rings is 1. The standard InChI is InChI=1S/C23H26N4O3S/c1-17-14-18(2)16-26(15-17)31(29,30)20-10-8-19(9-11-20)23(28)25-21-6-3-4-7-22(21)27-13-5-12-24-27/h3-13,17-18H,14-16H2,1-2H3,(H,25,28). The van der Waals surface area contributed by atoms with Crippen LogP contribution in [0.2, 0.25) is 0 Å². The zero-order valence-electron chi connectivity index (χ0n) is 17.6. The SMILES string of the molecule is CC1CC(C)CN(S(=O)(=O)c2ccc(C(=O)Nc3ccccc3-n3cccn3)cc2)C1. The Morgan fingerprint density at radius 1 is 1.00 bits per heavy atom. The van der Waals surface area contributed by atoms with Gasteiger partial charge >= 0.3 is 0 Å². The molecule has 1 aliphatic heterocycles. The predicted molar refractivity (Wildman–Crippen MR) is 120 cm³/mol. The second-order valence-electron chi connectivity index (χ2n) is 8.21. The fourth-order valence-electron chi connectivity index (χ4n) is 4.11. The number of sulfonamides is 1. The number of hydrogen-bond acceptors (Lipinski definition) is 4. The van der Waals surface area contributed by atoms with E-state index in [1.807, 2.05) is 24.3 Å². The van der Waals surface area contributed by atoms with E-state index < -0.39 is 10.0 Å². The Balaban J connectivity index is 1.52. The van der Waals surface area contributed by atoms with Crippen molar-refractivity contribution in [1.82, 2.24) is 14.1 Å². The van der Waals surface area contributed by atoms with Gasteiger partial charge in [0.2, 0.25) is 10.0 Å². The van der Waals surface area contributed by atoms with Crippen molar-refractivity contribution in [2.24, 2.45) is 11.8 Å². The number of aromatic nitrogens is 2. The fourth-order valence-corrected chi connectivity index (χ4v) is 5.79. The first kappa shape index (κ1) is 21.3. The van der Waals surface area contributed by atoms with E-state index in [9.17, 15) is 13.2 Å². The molecule has 2 unspecified atom stereocenters. The van der Waals surface area contributed by atoms with Gasteiger partial charge in [0, 0.05) is 31.0 Å². The molecule has 1 saturated heterocycles. The lowest BCUT2D eigenvalue weighted by molar-refractivity contribution is 0.102. The van der Waals surface area contributed by atoms with Crippen LogP contribution >= 0.6 is 0 Å². The van der Waals surface area contributed by atoms with Gasteiger partial charge in [0.15, 0.2) is 0 Å². The Labute approximate surface area is 182 Å². The molecule has 31 heavy (non-hydrogen) atoms. The molecule has 1 aliphatic rings. The molecule has 2 aromatic carbocycles. The van der Waals surface area contributed by atoms with Crippen molar-refractivity contribution >= 4 is 21.6 Å². The van der Waals surface area contributed by atoms with Crippen LogP contribution in [0.25, 0.3) is 5.69 Å². The molecule has 0 saturated carbocycles. The van der Waals surface area contributed by atoms with Crippen LogP contribution in [0, 0.1) is 11.8 Å². The Bertz CT molecular complexity index is 1150. The molecule has 0 aliphatic carbocycles. The maximum absolute atomic E-state index is 13.0. The first-order chi connectivity index (χ1) is 14.8. The Morgan fingerprint density at radius 2 is 1.68 bits per heavy atom. The summed E-state index contributed by atoms with van der Waals surface area (Å²) in [6.07, 6.45) is 4.50. The number of hydrogen-bond donors (Lipinski definition) is 1. The van der Waals surface area contributed by atoms with Gasteiger partial charge in [-0.1, -0.05) is 26.0 Å². The second kappa shape index (κ2) is 8.64. The summed E-state index contributed by atoms with van der Waals surface area (Å²) in [6, 6.07) is 15.3. The van der Waals surface area contributed by atoms with E-state index in [1.165, 1.54) is 12.1 Å². The molecule has 7 nitrogen and oxygen atoms in total. The molecule has 3 aromatic rings. The number of para-hydroxylation sites is 2. The average Bonchev–Trinajstić information content (AvgIpc) is 3.28. The Kier molecular flexibility index (Phi) is 5.93. The van der Waals surface area contributed by atoms with Crippen molar-refractivity contribution in [3.05, 3.63) is 72.6 Å². The zero-order valence-corrected chi connectivity index (χ0v) is 18.4. The van der Waals surface area contributed by atoms with Crippen molar-refractivity contribution in [3.63, 3.8) is 0 Å². The Morgan fingerprint density at radius 3 is 2.32 bits per heavy atom. The molecule has 0 spiro atoms. The van der Waals surface area contributed by atoms with Gasteiger partial charge in [-0.15, -0.1) is 0 Å². The monoisotopic (exact) mass is 438 g/mol. The summed E-state index contributed by atoms with van der Waals surface area (Å²) in [4.78, 5) is 13.0. The minimum Gasteiger partial charge on any atom is -0.320 e. The van der Waals surface area contributed by atoms with Crippen LogP contribution in [0.5, 0.6) is 0 Å². The van der Waals surface area contributed by atoms with Gasteiger partial charge in [0.05, 0.1) is 16.3 Å². The third-order valence-electron chi connectivity index (χ3n) is 5.49. The molecule has 1 N–H and O–H groups in total. The summed E-state index contributed by atoms with van der Waals surface area (Å²) in [7, 11) is -3.58. The summed E-state index contributed by atoms with van der Waals surface area (Å²) in [5.41, 5.74) is 1.74. The fraction of sp³-hybridized carbons (Fsp3) is 0.304. The number of rotatable bonds is 5. The van der Waals surface area contributed by atoms with Gasteiger partial charge in [-0.25, -0.2) is 13.1 Å². The highest BCUT2D eigenvalue weighted by Crippen LogP contribution is 2.27. The summed E-state index contributed by atoms with van der Waals surface area (Å²) in [5, 5.41) is 7.10. The van der Waals surface area contributed by atoms with Crippen LogP contribution in [-0.2, 0) is 10.0 Å².